The van der Waals surface area contributed by atoms with E-state index in [0.717, 1.165) is 17.8 Å². The maximum absolute atomic E-state index is 5.41. The van der Waals surface area contributed by atoms with Crippen LogP contribution in [-0.4, -0.2) is 16.3 Å². The van der Waals surface area contributed by atoms with Crippen molar-refractivity contribution in [1.82, 2.24) is 9.78 Å². The Morgan fingerprint density at radius 2 is 2.55 bits per heavy atom. The molecule has 0 spiro atoms. The van der Waals surface area contributed by atoms with Gasteiger partial charge in [0.2, 0.25) is 0 Å². The molecule has 0 radical (unpaired) electrons. The van der Waals surface area contributed by atoms with E-state index in [1.807, 2.05) is 23.9 Å². The Labute approximate surface area is 66.5 Å². The zero-order valence-corrected chi connectivity index (χ0v) is 6.75. The summed E-state index contributed by atoms with van der Waals surface area (Å²) in [6.07, 6.45) is 1.93. The van der Waals surface area contributed by atoms with Gasteiger partial charge in [0.15, 0.2) is 0 Å². The van der Waals surface area contributed by atoms with Gasteiger partial charge in [-0.05, 0) is 18.6 Å². The topological polar surface area (TPSA) is 43.8 Å². The lowest BCUT2D eigenvalue weighted by molar-refractivity contribution is 0.657. The van der Waals surface area contributed by atoms with Gasteiger partial charge in [0.05, 0.1) is 5.69 Å². The average molecular weight is 151 g/mol. The highest BCUT2D eigenvalue weighted by Gasteiger charge is 1.99. The van der Waals surface area contributed by atoms with Gasteiger partial charge in [-0.2, -0.15) is 5.10 Å². The van der Waals surface area contributed by atoms with Gasteiger partial charge in [-0.1, -0.05) is 6.58 Å². The molecule has 3 nitrogen and oxygen atoms in total. The van der Waals surface area contributed by atoms with E-state index in [2.05, 4.69) is 11.7 Å². The second-order valence-electron chi connectivity index (χ2n) is 2.36. The minimum absolute atomic E-state index is 0.473. The highest BCUT2D eigenvalue weighted by molar-refractivity contribution is 5.60. The molecule has 60 valence electrons. The van der Waals surface area contributed by atoms with Crippen LogP contribution in [0.3, 0.4) is 0 Å². The summed E-state index contributed by atoms with van der Waals surface area (Å²) in [5.74, 6) is 0. The molecule has 0 aliphatic heterocycles. The van der Waals surface area contributed by atoms with Gasteiger partial charge in [0.25, 0.3) is 0 Å². The van der Waals surface area contributed by atoms with Crippen LogP contribution in [0.4, 0.5) is 0 Å². The van der Waals surface area contributed by atoms with Crippen LogP contribution in [-0.2, 0) is 6.54 Å². The smallest absolute Gasteiger partial charge is 0.0889 e. The van der Waals surface area contributed by atoms with Crippen molar-refractivity contribution in [3.05, 3.63) is 24.5 Å². The Bertz CT molecular complexity index is 250. The number of hydrogen-bond donors (Lipinski definition) is 1. The molecule has 0 saturated heterocycles. The van der Waals surface area contributed by atoms with E-state index in [1.54, 1.807) is 0 Å². The normalized spacial score (nSPS) is 10.0. The van der Waals surface area contributed by atoms with Crippen LogP contribution in [0.15, 0.2) is 18.8 Å². The third-order valence-electron chi connectivity index (χ3n) is 1.57. The van der Waals surface area contributed by atoms with Crippen LogP contribution in [0, 0.1) is 0 Å². The molecular formula is C8H13N3. The molecule has 1 rings (SSSR count). The lowest BCUT2D eigenvalue weighted by Gasteiger charge is -1.95. The van der Waals surface area contributed by atoms with Crippen molar-refractivity contribution in [2.24, 2.45) is 5.73 Å². The first-order valence-corrected chi connectivity index (χ1v) is 3.69. The van der Waals surface area contributed by atoms with Gasteiger partial charge in [0, 0.05) is 19.3 Å². The Morgan fingerprint density at radius 1 is 1.82 bits per heavy atom. The van der Waals surface area contributed by atoms with Crippen molar-refractivity contribution >= 4 is 5.57 Å². The fraction of sp³-hybridized carbons (Fsp3) is 0.375. The van der Waals surface area contributed by atoms with Crippen LogP contribution >= 0.6 is 0 Å². The Kier molecular flexibility index (Phi) is 2.44. The Hall–Kier alpha value is -1.09. The summed E-state index contributed by atoms with van der Waals surface area (Å²) >= 11 is 0. The number of rotatable bonds is 3. The first kappa shape index (κ1) is 8.01. The van der Waals surface area contributed by atoms with Crippen LogP contribution in [0.5, 0.6) is 0 Å². The van der Waals surface area contributed by atoms with Gasteiger partial charge in [0.1, 0.15) is 0 Å². The van der Waals surface area contributed by atoms with E-state index in [9.17, 15) is 0 Å². The standard InChI is InChI=1S/C8H13N3/c1-3-11-5-4-8(10-11)7(2)6-9/h4-5H,2-3,6,9H2,1H3. The number of aromatic nitrogens is 2. The lowest BCUT2D eigenvalue weighted by Crippen LogP contribution is -2.02. The number of aryl methyl sites for hydroxylation is 1. The number of hydrogen-bond acceptors (Lipinski definition) is 2. The van der Waals surface area contributed by atoms with Crippen molar-refractivity contribution in [2.45, 2.75) is 13.5 Å². The van der Waals surface area contributed by atoms with Crippen LogP contribution in [0.2, 0.25) is 0 Å². The minimum Gasteiger partial charge on any atom is -0.326 e. The molecule has 0 aromatic carbocycles. The van der Waals surface area contributed by atoms with Gasteiger partial charge in [-0.25, -0.2) is 0 Å². The number of nitrogens with two attached hydrogens (primary N) is 1. The van der Waals surface area contributed by atoms with Crippen molar-refractivity contribution in [3.8, 4) is 0 Å². The largest absolute Gasteiger partial charge is 0.326 e. The molecule has 0 saturated carbocycles. The van der Waals surface area contributed by atoms with E-state index in [0.29, 0.717) is 6.54 Å². The van der Waals surface area contributed by atoms with E-state index in [4.69, 9.17) is 5.73 Å². The average Bonchev–Trinajstić information content (AvgIpc) is 2.50. The van der Waals surface area contributed by atoms with Crippen molar-refractivity contribution in [2.75, 3.05) is 6.54 Å². The van der Waals surface area contributed by atoms with Crippen molar-refractivity contribution in [3.63, 3.8) is 0 Å². The first-order chi connectivity index (χ1) is 5.27. The van der Waals surface area contributed by atoms with Crippen LogP contribution < -0.4 is 5.73 Å². The summed E-state index contributed by atoms with van der Waals surface area (Å²) in [7, 11) is 0. The Morgan fingerprint density at radius 3 is 3.00 bits per heavy atom. The molecule has 0 atom stereocenters. The Balaban J connectivity index is 2.80. The van der Waals surface area contributed by atoms with Gasteiger partial charge in [-0.3, -0.25) is 4.68 Å². The zero-order chi connectivity index (χ0) is 8.27. The second kappa shape index (κ2) is 3.34. The zero-order valence-electron chi connectivity index (χ0n) is 6.75. The fourth-order valence-corrected chi connectivity index (χ4v) is 0.831. The highest BCUT2D eigenvalue weighted by atomic mass is 15.3. The summed E-state index contributed by atoms with van der Waals surface area (Å²) in [6.45, 7) is 7.19. The summed E-state index contributed by atoms with van der Waals surface area (Å²) in [6, 6.07) is 1.93. The molecule has 11 heavy (non-hydrogen) atoms. The molecule has 3 heteroatoms. The predicted molar refractivity (Wildman–Crippen MR) is 46.0 cm³/mol. The van der Waals surface area contributed by atoms with E-state index >= 15 is 0 Å². The van der Waals surface area contributed by atoms with E-state index in [-0.39, 0.29) is 0 Å². The fourth-order valence-electron chi connectivity index (χ4n) is 0.831. The molecule has 0 unspecified atom stereocenters. The summed E-state index contributed by atoms with van der Waals surface area (Å²) in [4.78, 5) is 0. The monoisotopic (exact) mass is 151 g/mol. The van der Waals surface area contributed by atoms with Crippen LogP contribution in [0.1, 0.15) is 12.6 Å². The van der Waals surface area contributed by atoms with Gasteiger partial charge >= 0.3 is 0 Å². The lowest BCUT2D eigenvalue weighted by atomic mass is 10.2. The van der Waals surface area contributed by atoms with Crippen molar-refractivity contribution in [1.29, 1.82) is 0 Å². The molecule has 1 heterocycles. The minimum atomic E-state index is 0.473. The molecule has 1 aromatic heterocycles. The molecule has 1 aromatic rings. The predicted octanol–water partition coefficient (Wildman–Crippen LogP) is 0.875. The number of nitrogens with zero attached hydrogens (tertiary/aromatic N) is 2. The third-order valence-corrected chi connectivity index (χ3v) is 1.57. The molecule has 0 bridgehead atoms. The summed E-state index contributed by atoms with van der Waals surface area (Å²) < 4.78 is 1.86. The molecule has 0 aliphatic carbocycles. The molecular weight excluding hydrogens is 138 g/mol. The maximum Gasteiger partial charge on any atom is 0.0889 e. The van der Waals surface area contributed by atoms with Crippen LogP contribution in [0.25, 0.3) is 5.57 Å². The molecule has 2 N–H and O–H groups in total. The SMILES string of the molecule is C=C(CN)c1ccn(CC)n1. The molecule has 0 aliphatic rings. The maximum atomic E-state index is 5.41. The first-order valence-electron chi connectivity index (χ1n) is 3.69. The van der Waals surface area contributed by atoms with Gasteiger partial charge < -0.3 is 5.73 Å². The second-order valence-corrected chi connectivity index (χ2v) is 2.36. The highest BCUT2D eigenvalue weighted by Crippen LogP contribution is 2.06. The summed E-state index contributed by atoms with van der Waals surface area (Å²) in [5, 5.41) is 4.24. The molecule has 0 fully saturated rings. The van der Waals surface area contributed by atoms with Gasteiger partial charge in [-0.15, -0.1) is 0 Å². The third kappa shape index (κ3) is 1.68. The summed E-state index contributed by atoms with van der Waals surface area (Å²) in [5.41, 5.74) is 7.19. The molecule has 0 amide bonds. The van der Waals surface area contributed by atoms with Crippen molar-refractivity contribution < 1.29 is 0 Å². The van der Waals surface area contributed by atoms with E-state index < -0.39 is 0 Å². The van der Waals surface area contributed by atoms with E-state index in [1.165, 1.54) is 0 Å². The quantitative estimate of drug-likeness (QED) is 0.696.